The minimum atomic E-state index is -1.04. The summed E-state index contributed by atoms with van der Waals surface area (Å²) >= 11 is 3.34. The molecule has 1 amide bonds. The van der Waals surface area contributed by atoms with Crippen LogP contribution >= 0.6 is 15.9 Å². The number of carbonyl (C=O) groups is 2. The zero-order valence-electron chi connectivity index (χ0n) is 17.4. The fraction of sp³-hybridized carbons (Fsp3) is 0.435. The first-order valence-electron chi connectivity index (χ1n) is 10.8. The molecule has 2 fully saturated rings. The highest BCUT2D eigenvalue weighted by atomic mass is 79.9. The van der Waals surface area contributed by atoms with Crippen molar-refractivity contribution in [2.75, 3.05) is 36.4 Å². The number of halogens is 1. The van der Waals surface area contributed by atoms with Crippen molar-refractivity contribution in [1.82, 2.24) is 9.88 Å². The van der Waals surface area contributed by atoms with Crippen LogP contribution in [-0.2, 0) is 0 Å². The van der Waals surface area contributed by atoms with Gasteiger partial charge in [0.25, 0.3) is 5.91 Å². The molecule has 1 aromatic carbocycles. The van der Waals surface area contributed by atoms with Crippen LogP contribution < -0.4 is 10.2 Å². The molecule has 2 N–H and O–H groups in total. The van der Waals surface area contributed by atoms with Crippen molar-refractivity contribution in [3.05, 3.63) is 52.1 Å². The first kappa shape index (κ1) is 21.8. The quantitative estimate of drug-likeness (QED) is 0.656. The fourth-order valence-corrected chi connectivity index (χ4v) is 4.73. The van der Waals surface area contributed by atoms with E-state index >= 15 is 0 Å². The Labute approximate surface area is 190 Å². The van der Waals surface area contributed by atoms with Crippen LogP contribution in [0.25, 0.3) is 0 Å². The Kier molecular flexibility index (Phi) is 6.87. The molecule has 1 aromatic heterocycles. The minimum Gasteiger partial charge on any atom is -0.478 e. The summed E-state index contributed by atoms with van der Waals surface area (Å²) in [7, 11) is 0. The molecule has 0 atom stereocenters. The predicted molar refractivity (Wildman–Crippen MR) is 124 cm³/mol. The number of benzene rings is 1. The lowest BCUT2D eigenvalue weighted by Gasteiger charge is -2.40. The summed E-state index contributed by atoms with van der Waals surface area (Å²) in [6.45, 7) is 3.93. The Balaban J connectivity index is 1.44. The molecular formula is C23H27BrN4O3. The molecule has 3 heterocycles. The Morgan fingerprint density at radius 3 is 2.35 bits per heavy atom. The van der Waals surface area contributed by atoms with E-state index in [9.17, 15) is 14.7 Å². The second-order valence-electron chi connectivity index (χ2n) is 8.18. The molecule has 2 saturated heterocycles. The zero-order chi connectivity index (χ0) is 21.8. The third kappa shape index (κ3) is 5.25. The first-order chi connectivity index (χ1) is 15.0. The van der Waals surface area contributed by atoms with Crippen molar-refractivity contribution in [1.29, 1.82) is 0 Å². The maximum atomic E-state index is 12.5. The van der Waals surface area contributed by atoms with Crippen LogP contribution in [0.1, 0.15) is 52.8 Å². The number of hydrogen-bond donors (Lipinski definition) is 2. The molecule has 2 aromatic rings. The number of nitrogens with one attached hydrogen (secondary N) is 1. The topological polar surface area (TPSA) is 85.8 Å². The highest BCUT2D eigenvalue weighted by molar-refractivity contribution is 9.10. The molecule has 2 aliphatic heterocycles. The molecular weight excluding hydrogens is 460 g/mol. The van der Waals surface area contributed by atoms with Gasteiger partial charge in [-0.15, -0.1) is 0 Å². The van der Waals surface area contributed by atoms with Gasteiger partial charge in [-0.05, 0) is 69.1 Å². The monoisotopic (exact) mass is 486 g/mol. The predicted octanol–water partition coefficient (Wildman–Crippen LogP) is 4.25. The Morgan fingerprint density at radius 2 is 1.71 bits per heavy atom. The van der Waals surface area contributed by atoms with Crippen LogP contribution in [0.5, 0.6) is 0 Å². The van der Waals surface area contributed by atoms with Crippen LogP contribution in [-0.4, -0.2) is 59.1 Å². The average molecular weight is 487 g/mol. The number of piperidine rings is 2. The van der Waals surface area contributed by atoms with E-state index in [1.165, 1.54) is 44.6 Å². The number of aromatic nitrogens is 1. The van der Waals surface area contributed by atoms with Gasteiger partial charge in [-0.2, -0.15) is 0 Å². The van der Waals surface area contributed by atoms with Gasteiger partial charge in [0.1, 0.15) is 11.4 Å². The molecule has 0 bridgehead atoms. The van der Waals surface area contributed by atoms with E-state index in [1.807, 2.05) is 0 Å². The summed E-state index contributed by atoms with van der Waals surface area (Å²) < 4.78 is 0.882. The van der Waals surface area contributed by atoms with Crippen molar-refractivity contribution < 1.29 is 14.7 Å². The molecule has 0 radical (unpaired) electrons. The van der Waals surface area contributed by atoms with E-state index in [4.69, 9.17) is 0 Å². The Bertz CT molecular complexity index is 936. The lowest BCUT2D eigenvalue weighted by atomic mass is 9.99. The molecule has 0 unspecified atom stereocenters. The van der Waals surface area contributed by atoms with Gasteiger partial charge < -0.3 is 20.2 Å². The molecule has 4 rings (SSSR count). The third-order valence-electron chi connectivity index (χ3n) is 6.13. The number of carboxylic acid groups (broad SMARTS) is 1. The number of hydrogen-bond acceptors (Lipinski definition) is 5. The number of amides is 1. The second-order valence-corrected chi connectivity index (χ2v) is 9.09. The lowest BCUT2D eigenvalue weighted by Crippen LogP contribution is -2.47. The van der Waals surface area contributed by atoms with Crippen molar-refractivity contribution in [3.8, 4) is 0 Å². The SMILES string of the molecule is O=C(Nc1cnc(N2CCC(N3CCCCC3)CC2)c(C(=O)O)c1)c1ccc(Br)cc1. The standard InChI is InChI=1S/C23H27BrN4O3/c24-17-6-4-16(5-7-17)22(29)26-18-14-20(23(30)31)21(25-15-18)28-12-8-19(9-13-28)27-10-2-1-3-11-27/h4-7,14-15,19H,1-3,8-13H2,(H,26,29)(H,30,31). The lowest BCUT2D eigenvalue weighted by molar-refractivity contribution is 0.0696. The average Bonchev–Trinajstić information content (AvgIpc) is 2.80. The molecule has 2 aliphatic rings. The zero-order valence-corrected chi connectivity index (χ0v) is 19.0. The number of pyridine rings is 1. The Hall–Kier alpha value is -2.45. The highest BCUT2D eigenvalue weighted by Crippen LogP contribution is 2.27. The summed E-state index contributed by atoms with van der Waals surface area (Å²) in [5, 5.41) is 12.5. The van der Waals surface area contributed by atoms with Crippen LogP contribution in [0.4, 0.5) is 11.5 Å². The Morgan fingerprint density at radius 1 is 1.03 bits per heavy atom. The van der Waals surface area contributed by atoms with Crippen molar-refractivity contribution in [3.63, 3.8) is 0 Å². The number of likely N-dealkylation sites (tertiary alicyclic amines) is 1. The summed E-state index contributed by atoms with van der Waals surface area (Å²) in [5.41, 5.74) is 0.978. The largest absolute Gasteiger partial charge is 0.478 e. The highest BCUT2D eigenvalue weighted by Gasteiger charge is 2.28. The molecule has 7 nitrogen and oxygen atoms in total. The van der Waals surface area contributed by atoms with Crippen molar-refractivity contribution in [2.24, 2.45) is 0 Å². The van der Waals surface area contributed by atoms with Crippen LogP contribution in [0.2, 0.25) is 0 Å². The van der Waals surface area contributed by atoms with Crippen molar-refractivity contribution in [2.45, 2.75) is 38.1 Å². The number of carbonyl (C=O) groups excluding carboxylic acids is 1. The third-order valence-corrected chi connectivity index (χ3v) is 6.66. The van der Waals surface area contributed by atoms with Gasteiger partial charge in [0.05, 0.1) is 11.9 Å². The molecule has 164 valence electrons. The van der Waals surface area contributed by atoms with E-state index in [0.29, 0.717) is 23.1 Å². The van der Waals surface area contributed by atoms with E-state index in [-0.39, 0.29) is 11.5 Å². The summed E-state index contributed by atoms with van der Waals surface area (Å²) in [5.74, 6) is -0.868. The van der Waals surface area contributed by atoms with Gasteiger partial charge in [0.15, 0.2) is 0 Å². The maximum absolute atomic E-state index is 12.5. The second kappa shape index (κ2) is 9.78. The smallest absolute Gasteiger partial charge is 0.339 e. The van der Waals surface area contributed by atoms with Gasteiger partial charge in [-0.3, -0.25) is 4.79 Å². The molecule has 0 spiro atoms. The summed E-state index contributed by atoms with van der Waals surface area (Å²) in [6.07, 6.45) is 7.45. The van der Waals surface area contributed by atoms with Gasteiger partial charge in [-0.1, -0.05) is 22.4 Å². The summed E-state index contributed by atoms with van der Waals surface area (Å²) in [6, 6.07) is 9.04. The van der Waals surface area contributed by atoms with Gasteiger partial charge >= 0.3 is 5.97 Å². The van der Waals surface area contributed by atoms with Crippen LogP contribution in [0.3, 0.4) is 0 Å². The van der Waals surface area contributed by atoms with E-state index < -0.39 is 5.97 Å². The number of carboxylic acids is 1. The number of rotatable bonds is 5. The van der Waals surface area contributed by atoms with Crippen molar-refractivity contribution >= 4 is 39.3 Å². The summed E-state index contributed by atoms with van der Waals surface area (Å²) in [4.78, 5) is 33.5. The van der Waals surface area contributed by atoms with E-state index in [0.717, 1.165) is 30.4 Å². The van der Waals surface area contributed by atoms with Crippen LogP contribution in [0, 0.1) is 0 Å². The van der Waals surface area contributed by atoms with E-state index in [1.54, 1.807) is 24.3 Å². The van der Waals surface area contributed by atoms with Gasteiger partial charge in [-0.25, -0.2) is 9.78 Å². The minimum absolute atomic E-state index is 0.116. The van der Waals surface area contributed by atoms with Gasteiger partial charge in [0.2, 0.25) is 0 Å². The first-order valence-corrected chi connectivity index (χ1v) is 11.6. The molecule has 0 aliphatic carbocycles. The van der Waals surface area contributed by atoms with Crippen LogP contribution in [0.15, 0.2) is 41.0 Å². The molecule has 0 saturated carbocycles. The maximum Gasteiger partial charge on any atom is 0.339 e. The molecule has 31 heavy (non-hydrogen) atoms. The normalized spacial score (nSPS) is 18.0. The number of aromatic carboxylic acids is 1. The van der Waals surface area contributed by atoms with Gasteiger partial charge in [0, 0.05) is 29.2 Å². The number of anilines is 2. The molecule has 8 heteroatoms. The van der Waals surface area contributed by atoms with E-state index in [2.05, 4.69) is 36.0 Å². The number of nitrogens with zero attached hydrogens (tertiary/aromatic N) is 3. The fourth-order valence-electron chi connectivity index (χ4n) is 4.47.